The Balaban J connectivity index is 1.92. The molecule has 1 heterocycles. The van der Waals surface area contributed by atoms with Gasteiger partial charge in [0.1, 0.15) is 18.7 Å². The van der Waals surface area contributed by atoms with Crippen molar-refractivity contribution < 1.29 is 14.3 Å². The van der Waals surface area contributed by atoms with Gasteiger partial charge in [-0.25, -0.2) is 9.69 Å². The Labute approximate surface area is 157 Å². The highest BCUT2D eigenvalue weighted by Gasteiger charge is 2.42. The molecule has 3 rings (SSSR count). The first-order valence-corrected chi connectivity index (χ1v) is 8.68. The molecule has 0 spiro atoms. The molecule has 0 bridgehead atoms. The highest BCUT2D eigenvalue weighted by molar-refractivity contribution is 5.97. The first kappa shape index (κ1) is 18.5. The molecule has 0 saturated carbocycles. The zero-order chi connectivity index (χ0) is 19.4. The molecule has 2 amide bonds. The number of azide groups is 1. The molecule has 1 aliphatic rings. The molecule has 1 saturated heterocycles. The van der Waals surface area contributed by atoms with Gasteiger partial charge in [0.05, 0.1) is 0 Å². The van der Waals surface area contributed by atoms with Crippen LogP contribution in [0, 0.1) is 6.92 Å². The van der Waals surface area contributed by atoms with Gasteiger partial charge in [0.15, 0.2) is 0 Å². The summed E-state index contributed by atoms with van der Waals surface area (Å²) >= 11 is 0. The standard InChI is InChI=1S/C20H20N4O3/c1-13-8-10-15(11-9-13)14(2)18(22-23-21)19(25)24-17(12-27-20(24)26)16-6-4-3-5-7-16/h3-11,14,17-18H,12H2,1-2H3/t14-,17-,18-/m0/s1. The molecule has 1 fully saturated rings. The summed E-state index contributed by atoms with van der Waals surface area (Å²) in [4.78, 5) is 29.3. The quantitative estimate of drug-likeness (QED) is 0.444. The van der Waals surface area contributed by atoms with Gasteiger partial charge in [0.25, 0.3) is 0 Å². The molecule has 27 heavy (non-hydrogen) atoms. The average molecular weight is 364 g/mol. The van der Waals surface area contributed by atoms with Gasteiger partial charge in [-0.1, -0.05) is 72.2 Å². The van der Waals surface area contributed by atoms with Gasteiger partial charge < -0.3 is 4.74 Å². The van der Waals surface area contributed by atoms with Gasteiger partial charge in [-0.2, -0.15) is 0 Å². The maximum absolute atomic E-state index is 13.2. The van der Waals surface area contributed by atoms with Crippen LogP contribution in [0.25, 0.3) is 10.4 Å². The van der Waals surface area contributed by atoms with Crippen LogP contribution >= 0.6 is 0 Å². The topological polar surface area (TPSA) is 95.4 Å². The highest BCUT2D eigenvalue weighted by atomic mass is 16.6. The zero-order valence-corrected chi connectivity index (χ0v) is 15.1. The fraction of sp³-hybridized carbons (Fsp3) is 0.300. The monoisotopic (exact) mass is 364 g/mol. The predicted octanol–water partition coefficient (Wildman–Crippen LogP) is 4.50. The number of amides is 2. The maximum Gasteiger partial charge on any atom is 0.417 e. The second-order valence-electron chi connectivity index (χ2n) is 6.56. The number of hydrogen-bond donors (Lipinski definition) is 0. The molecule has 0 aliphatic carbocycles. The van der Waals surface area contributed by atoms with Crippen LogP contribution in [0.2, 0.25) is 0 Å². The van der Waals surface area contributed by atoms with Crippen LogP contribution in [0.4, 0.5) is 4.79 Å². The lowest BCUT2D eigenvalue weighted by molar-refractivity contribution is -0.131. The number of benzene rings is 2. The zero-order valence-electron chi connectivity index (χ0n) is 15.1. The summed E-state index contributed by atoms with van der Waals surface area (Å²) in [6.45, 7) is 3.85. The molecule has 0 aromatic heterocycles. The number of carbonyl (C=O) groups excluding carboxylic acids is 2. The summed E-state index contributed by atoms with van der Waals surface area (Å²) in [6, 6.07) is 15.3. The maximum atomic E-state index is 13.2. The van der Waals surface area contributed by atoms with E-state index in [1.807, 2.05) is 61.5 Å². The Morgan fingerprint density at radius 1 is 1.22 bits per heavy atom. The van der Waals surface area contributed by atoms with Crippen molar-refractivity contribution in [2.24, 2.45) is 5.11 Å². The third-order valence-electron chi connectivity index (χ3n) is 4.80. The largest absolute Gasteiger partial charge is 0.446 e. The van der Waals surface area contributed by atoms with Crippen molar-refractivity contribution in [1.82, 2.24) is 4.90 Å². The van der Waals surface area contributed by atoms with Gasteiger partial charge >= 0.3 is 6.09 Å². The highest BCUT2D eigenvalue weighted by Crippen LogP contribution is 2.32. The van der Waals surface area contributed by atoms with E-state index in [4.69, 9.17) is 10.3 Å². The number of cyclic esters (lactones) is 1. The third kappa shape index (κ3) is 3.78. The van der Waals surface area contributed by atoms with Crippen molar-refractivity contribution in [3.63, 3.8) is 0 Å². The van der Waals surface area contributed by atoms with Crippen LogP contribution in [0.3, 0.4) is 0 Å². The third-order valence-corrected chi connectivity index (χ3v) is 4.80. The predicted molar refractivity (Wildman–Crippen MR) is 99.9 cm³/mol. The number of rotatable bonds is 5. The second-order valence-corrected chi connectivity index (χ2v) is 6.56. The fourth-order valence-corrected chi connectivity index (χ4v) is 3.20. The van der Waals surface area contributed by atoms with Gasteiger partial charge in [-0.3, -0.25) is 4.79 Å². The van der Waals surface area contributed by atoms with Crippen molar-refractivity contribution in [2.45, 2.75) is 31.8 Å². The van der Waals surface area contributed by atoms with Crippen LogP contribution in [0.5, 0.6) is 0 Å². The first-order valence-electron chi connectivity index (χ1n) is 8.68. The van der Waals surface area contributed by atoms with E-state index in [1.54, 1.807) is 6.92 Å². The number of nitrogens with zero attached hydrogens (tertiary/aromatic N) is 4. The molecule has 1 aliphatic heterocycles. The van der Waals surface area contributed by atoms with Gasteiger partial charge in [0.2, 0.25) is 5.91 Å². The number of carbonyl (C=O) groups is 2. The van der Waals surface area contributed by atoms with Gasteiger partial charge in [0, 0.05) is 4.91 Å². The molecule has 2 aromatic carbocycles. The SMILES string of the molecule is Cc1ccc([C@H](C)[C@H](N=[N+]=[N-])C(=O)N2C(=O)OC[C@H]2c2ccccc2)cc1. The molecule has 0 unspecified atom stereocenters. The van der Waals surface area contributed by atoms with Gasteiger partial charge in [-0.05, 0) is 29.5 Å². The lowest BCUT2D eigenvalue weighted by atomic mass is 9.92. The Bertz CT molecular complexity index is 876. The summed E-state index contributed by atoms with van der Waals surface area (Å²) in [5, 5.41) is 3.71. The summed E-state index contributed by atoms with van der Waals surface area (Å²) in [7, 11) is 0. The molecular formula is C20H20N4O3. The number of ether oxygens (including phenoxy) is 1. The molecule has 0 radical (unpaired) electrons. The normalized spacial score (nSPS) is 18.4. The van der Waals surface area contributed by atoms with Crippen LogP contribution in [-0.2, 0) is 9.53 Å². The van der Waals surface area contributed by atoms with Crippen molar-refractivity contribution in [1.29, 1.82) is 0 Å². The Morgan fingerprint density at radius 2 is 1.89 bits per heavy atom. The molecule has 0 N–H and O–H groups in total. The van der Waals surface area contributed by atoms with Gasteiger partial charge in [-0.15, -0.1) is 0 Å². The lowest BCUT2D eigenvalue weighted by Crippen LogP contribution is -2.42. The van der Waals surface area contributed by atoms with Crippen LogP contribution in [0.15, 0.2) is 59.7 Å². The van der Waals surface area contributed by atoms with Crippen molar-refractivity contribution >= 4 is 12.0 Å². The number of aryl methyl sites for hydroxylation is 1. The molecule has 3 atom stereocenters. The smallest absolute Gasteiger partial charge is 0.417 e. The molecule has 138 valence electrons. The first-order chi connectivity index (χ1) is 13.0. The van der Waals surface area contributed by atoms with E-state index in [0.29, 0.717) is 0 Å². The molecular weight excluding hydrogens is 344 g/mol. The van der Waals surface area contributed by atoms with Crippen LogP contribution in [0.1, 0.15) is 35.6 Å². The summed E-state index contributed by atoms with van der Waals surface area (Å²) in [5.41, 5.74) is 11.7. The summed E-state index contributed by atoms with van der Waals surface area (Å²) in [5.74, 6) is -0.948. The van der Waals surface area contributed by atoms with E-state index in [2.05, 4.69) is 10.0 Å². The summed E-state index contributed by atoms with van der Waals surface area (Å²) < 4.78 is 5.11. The van der Waals surface area contributed by atoms with E-state index in [1.165, 1.54) is 0 Å². The fourth-order valence-electron chi connectivity index (χ4n) is 3.20. The molecule has 2 aromatic rings. The van der Waals surface area contributed by atoms with E-state index in [9.17, 15) is 9.59 Å². The molecule has 7 heteroatoms. The van der Waals surface area contributed by atoms with Crippen LogP contribution < -0.4 is 0 Å². The number of hydrogen-bond acceptors (Lipinski definition) is 4. The minimum absolute atomic E-state index is 0.0798. The second kappa shape index (κ2) is 7.93. The summed E-state index contributed by atoms with van der Waals surface area (Å²) in [6.07, 6.45) is -0.719. The minimum Gasteiger partial charge on any atom is -0.446 e. The average Bonchev–Trinajstić information content (AvgIpc) is 3.08. The van der Waals surface area contributed by atoms with Crippen molar-refractivity contribution in [2.75, 3.05) is 6.61 Å². The Morgan fingerprint density at radius 3 is 2.52 bits per heavy atom. The minimum atomic E-state index is -1.05. The molecule has 7 nitrogen and oxygen atoms in total. The van der Waals surface area contributed by atoms with E-state index >= 15 is 0 Å². The number of imide groups is 1. The lowest BCUT2D eigenvalue weighted by Gasteiger charge is -2.26. The Hall–Kier alpha value is -3.31. The van der Waals surface area contributed by atoms with E-state index in [-0.39, 0.29) is 12.5 Å². The van der Waals surface area contributed by atoms with Crippen LogP contribution in [-0.4, -0.2) is 29.5 Å². The van der Waals surface area contributed by atoms with E-state index in [0.717, 1.165) is 21.6 Å². The van der Waals surface area contributed by atoms with E-state index < -0.39 is 24.1 Å². The Kier molecular flexibility index (Phi) is 5.43. The van der Waals surface area contributed by atoms with Crippen molar-refractivity contribution in [3.8, 4) is 0 Å². The van der Waals surface area contributed by atoms with Crippen molar-refractivity contribution in [3.05, 3.63) is 81.7 Å².